The number of nitrogens with zero attached hydrogens (tertiary/aromatic N) is 2. The van der Waals surface area contributed by atoms with Gasteiger partial charge in [-0.15, -0.1) is 11.3 Å². The SMILES string of the molecule is CCCC(C)N(C)c1nc(CC)c(CNC2CC2)s1. The second-order valence-electron chi connectivity index (χ2n) is 5.62. The van der Waals surface area contributed by atoms with Crippen molar-refractivity contribution in [2.75, 3.05) is 11.9 Å². The van der Waals surface area contributed by atoms with Crippen molar-refractivity contribution in [3.05, 3.63) is 10.6 Å². The second-order valence-corrected chi connectivity index (χ2v) is 6.69. The quantitative estimate of drug-likeness (QED) is 0.789. The molecule has 0 radical (unpaired) electrons. The number of thiazole rings is 1. The molecule has 0 bridgehead atoms. The van der Waals surface area contributed by atoms with Crippen LogP contribution in [-0.2, 0) is 13.0 Å². The lowest BCUT2D eigenvalue weighted by Gasteiger charge is -2.23. The number of nitrogens with one attached hydrogen (secondary N) is 1. The highest BCUT2D eigenvalue weighted by atomic mass is 32.1. The van der Waals surface area contributed by atoms with Crippen LogP contribution in [0.2, 0.25) is 0 Å². The van der Waals surface area contributed by atoms with Crippen LogP contribution in [0.4, 0.5) is 5.13 Å². The second kappa shape index (κ2) is 6.71. The lowest BCUT2D eigenvalue weighted by Crippen LogP contribution is -2.28. The van der Waals surface area contributed by atoms with Crippen molar-refractivity contribution in [1.29, 1.82) is 0 Å². The summed E-state index contributed by atoms with van der Waals surface area (Å²) < 4.78 is 0. The first kappa shape index (κ1) is 14.8. The molecule has 1 aromatic rings. The molecule has 1 fully saturated rings. The zero-order chi connectivity index (χ0) is 13.8. The average molecular weight is 281 g/mol. The standard InChI is InChI=1S/C15H27N3S/c1-5-7-11(3)18(4)15-17-13(6-2)14(19-15)10-16-12-8-9-12/h11-12,16H,5-10H2,1-4H3. The Bertz CT molecular complexity index is 398. The molecule has 2 rings (SSSR count). The molecular formula is C15H27N3S. The number of anilines is 1. The van der Waals surface area contributed by atoms with E-state index in [9.17, 15) is 0 Å². The van der Waals surface area contributed by atoms with E-state index in [1.54, 1.807) is 0 Å². The van der Waals surface area contributed by atoms with Gasteiger partial charge in [0.1, 0.15) is 0 Å². The summed E-state index contributed by atoms with van der Waals surface area (Å²) >= 11 is 1.87. The van der Waals surface area contributed by atoms with Crippen LogP contribution in [0, 0.1) is 0 Å². The fourth-order valence-corrected chi connectivity index (χ4v) is 3.42. The minimum Gasteiger partial charge on any atom is -0.348 e. The smallest absolute Gasteiger partial charge is 0.185 e. The summed E-state index contributed by atoms with van der Waals surface area (Å²) in [4.78, 5) is 8.61. The molecule has 1 saturated carbocycles. The van der Waals surface area contributed by atoms with Gasteiger partial charge in [0.2, 0.25) is 0 Å². The Kier molecular flexibility index (Phi) is 5.22. The highest BCUT2D eigenvalue weighted by Crippen LogP contribution is 2.29. The van der Waals surface area contributed by atoms with Gasteiger partial charge < -0.3 is 10.2 Å². The molecule has 1 N–H and O–H groups in total. The molecule has 1 atom stereocenters. The first-order chi connectivity index (χ1) is 9.15. The van der Waals surface area contributed by atoms with E-state index in [1.807, 2.05) is 11.3 Å². The maximum Gasteiger partial charge on any atom is 0.185 e. The van der Waals surface area contributed by atoms with Crippen molar-refractivity contribution in [2.24, 2.45) is 0 Å². The van der Waals surface area contributed by atoms with Crippen molar-refractivity contribution in [3.8, 4) is 0 Å². The van der Waals surface area contributed by atoms with Crippen LogP contribution in [0.1, 0.15) is 57.0 Å². The third-order valence-electron chi connectivity index (χ3n) is 3.90. The first-order valence-electron chi connectivity index (χ1n) is 7.60. The van der Waals surface area contributed by atoms with Crippen LogP contribution in [0.25, 0.3) is 0 Å². The molecule has 0 aromatic carbocycles. The third kappa shape index (κ3) is 3.93. The summed E-state index contributed by atoms with van der Waals surface area (Å²) in [6.07, 6.45) is 6.19. The molecule has 0 amide bonds. The maximum absolute atomic E-state index is 4.83. The fraction of sp³-hybridized carbons (Fsp3) is 0.800. The zero-order valence-corrected chi connectivity index (χ0v) is 13.5. The molecule has 0 spiro atoms. The number of hydrogen-bond acceptors (Lipinski definition) is 4. The molecule has 1 unspecified atom stereocenters. The van der Waals surface area contributed by atoms with Crippen LogP contribution in [0.5, 0.6) is 0 Å². The van der Waals surface area contributed by atoms with Gasteiger partial charge in [-0.2, -0.15) is 0 Å². The van der Waals surface area contributed by atoms with Crippen LogP contribution >= 0.6 is 11.3 Å². The summed E-state index contributed by atoms with van der Waals surface area (Å²) in [5.41, 5.74) is 1.28. The first-order valence-corrected chi connectivity index (χ1v) is 8.42. The molecule has 1 aromatic heterocycles. The molecule has 19 heavy (non-hydrogen) atoms. The summed E-state index contributed by atoms with van der Waals surface area (Å²) in [5, 5.41) is 4.79. The molecule has 1 aliphatic rings. The third-order valence-corrected chi connectivity index (χ3v) is 5.09. The van der Waals surface area contributed by atoms with Crippen LogP contribution in [-0.4, -0.2) is 24.1 Å². The summed E-state index contributed by atoms with van der Waals surface area (Å²) in [6, 6.07) is 1.34. The van der Waals surface area contributed by atoms with Gasteiger partial charge in [0.15, 0.2) is 5.13 Å². The van der Waals surface area contributed by atoms with Crippen LogP contribution < -0.4 is 10.2 Å². The van der Waals surface area contributed by atoms with E-state index in [1.165, 1.54) is 41.4 Å². The average Bonchev–Trinajstić information content (AvgIpc) is 3.14. The molecular weight excluding hydrogens is 254 g/mol. The van der Waals surface area contributed by atoms with Crippen molar-refractivity contribution >= 4 is 16.5 Å². The van der Waals surface area contributed by atoms with Gasteiger partial charge in [-0.1, -0.05) is 20.3 Å². The predicted octanol–water partition coefficient (Wildman–Crippen LogP) is 3.58. The number of aromatic nitrogens is 1. The van der Waals surface area contributed by atoms with E-state index in [0.29, 0.717) is 6.04 Å². The molecule has 1 heterocycles. The Balaban J connectivity index is 2.03. The minimum atomic E-state index is 0.574. The number of aryl methyl sites for hydroxylation is 1. The summed E-state index contributed by atoms with van der Waals surface area (Å²) in [5.74, 6) is 0. The van der Waals surface area contributed by atoms with Gasteiger partial charge in [0, 0.05) is 30.6 Å². The highest BCUT2D eigenvalue weighted by molar-refractivity contribution is 7.15. The lowest BCUT2D eigenvalue weighted by molar-refractivity contribution is 0.614. The molecule has 4 heteroatoms. The van der Waals surface area contributed by atoms with E-state index in [4.69, 9.17) is 4.98 Å². The Morgan fingerprint density at radius 3 is 2.74 bits per heavy atom. The van der Waals surface area contributed by atoms with Crippen molar-refractivity contribution in [3.63, 3.8) is 0 Å². The Hall–Kier alpha value is -0.610. The predicted molar refractivity (Wildman–Crippen MR) is 84.1 cm³/mol. The largest absolute Gasteiger partial charge is 0.348 e. The molecule has 0 saturated heterocycles. The molecule has 108 valence electrons. The highest BCUT2D eigenvalue weighted by Gasteiger charge is 2.22. The molecule has 3 nitrogen and oxygen atoms in total. The monoisotopic (exact) mass is 281 g/mol. The number of hydrogen-bond donors (Lipinski definition) is 1. The van der Waals surface area contributed by atoms with Gasteiger partial charge in [-0.25, -0.2) is 4.98 Å². The van der Waals surface area contributed by atoms with Crippen molar-refractivity contribution in [2.45, 2.75) is 71.5 Å². The zero-order valence-electron chi connectivity index (χ0n) is 12.7. The van der Waals surface area contributed by atoms with Gasteiger partial charge >= 0.3 is 0 Å². The van der Waals surface area contributed by atoms with Crippen molar-refractivity contribution in [1.82, 2.24) is 10.3 Å². The molecule has 1 aliphatic carbocycles. The van der Waals surface area contributed by atoms with Crippen molar-refractivity contribution < 1.29 is 0 Å². The van der Waals surface area contributed by atoms with E-state index in [2.05, 4.69) is 38.0 Å². The normalized spacial score (nSPS) is 16.6. The Morgan fingerprint density at radius 1 is 1.42 bits per heavy atom. The van der Waals surface area contributed by atoms with Crippen LogP contribution in [0.3, 0.4) is 0 Å². The van der Waals surface area contributed by atoms with E-state index in [0.717, 1.165) is 19.0 Å². The Morgan fingerprint density at radius 2 is 2.16 bits per heavy atom. The summed E-state index contributed by atoms with van der Waals surface area (Å²) in [7, 11) is 2.18. The van der Waals surface area contributed by atoms with E-state index >= 15 is 0 Å². The topological polar surface area (TPSA) is 28.2 Å². The minimum absolute atomic E-state index is 0.574. The van der Waals surface area contributed by atoms with Gasteiger partial charge in [0.05, 0.1) is 5.69 Å². The lowest BCUT2D eigenvalue weighted by atomic mass is 10.2. The van der Waals surface area contributed by atoms with Crippen LogP contribution in [0.15, 0.2) is 0 Å². The Labute approximate surface area is 121 Å². The summed E-state index contributed by atoms with van der Waals surface area (Å²) in [6.45, 7) is 7.74. The molecule has 0 aliphatic heterocycles. The van der Waals surface area contributed by atoms with Gasteiger partial charge in [-0.3, -0.25) is 0 Å². The van der Waals surface area contributed by atoms with E-state index < -0.39 is 0 Å². The fourth-order valence-electron chi connectivity index (χ4n) is 2.26. The number of rotatable bonds is 8. The van der Waals surface area contributed by atoms with Gasteiger partial charge in [-0.05, 0) is 32.6 Å². The van der Waals surface area contributed by atoms with Gasteiger partial charge in [0.25, 0.3) is 0 Å². The van der Waals surface area contributed by atoms with E-state index in [-0.39, 0.29) is 0 Å². The maximum atomic E-state index is 4.83.